The van der Waals surface area contributed by atoms with Crippen LogP contribution in [0.3, 0.4) is 0 Å². The van der Waals surface area contributed by atoms with Crippen molar-refractivity contribution in [2.75, 3.05) is 6.61 Å². The molecule has 1 rings (SSSR count). The molecule has 0 unspecified atom stereocenters. The van der Waals surface area contributed by atoms with E-state index in [9.17, 15) is 4.79 Å². The van der Waals surface area contributed by atoms with Crippen LogP contribution in [0.1, 0.15) is 31.4 Å². The van der Waals surface area contributed by atoms with E-state index in [1.807, 2.05) is 18.2 Å². The van der Waals surface area contributed by atoms with Crippen molar-refractivity contribution >= 4 is 5.97 Å². The third kappa shape index (κ3) is 4.18. The predicted octanol–water partition coefficient (Wildman–Crippen LogP) is 2.55. The van der Waals surface area contributed by atoms with Crippen LogP contribution in [0.25, 0.3) is 0 Å². The molecule has 2 heteroatoms. The summed E-state index contributed by atoms with van der Waals surface area (Å²) >= 11 is 0. The number of hydrogen-bond donors (Lipinski definition) is 0. The van der Waals surface area contributed by atoms with Gasteiger partial charge < -0.3 is 4.74 Å². The number of hydrogen-bond acceptors (Lipinski definition) is 2. The molecular formula is C14H16O2. The van der Waals surface area contributed by atoms with Gasteiger partial charge in [0.15, 0.2) is 0 Å². The lowest BCUT2D eigenvalue weighted by Crippen LogP contribution is -2.01. The van der Waals surface area contributed by atoms with Gasteiger partial charge in [0.1, 0.15) is 6.42 Å². The molecule has 1 aromatic rings. The van der Waals surface area contributed by atoms with Gasteiger partial charge in [-0.1, -0.05) is 30.9 Å². The van der Waals surface area contributed by atoms with E-state index in [2.05, 4.69) is 24.8 Å². The van der Waals surface area contributed by atoms with Gasteiger partial charge in [0.2, 0.25) is 0 Å². The van der Waals surface area contributed by atoms with Gasteiger partial charge >= 0.3 is 5.97 Å². The van der Waals surface area contributed by atoms with Gasteiger partial charge in [-0.3, -0.25) is 4.79 Å². The quantitative estimate of drug-likeness (QED) is 0.573. The summed E-state index contributed by atoms with van der Waals surface area (Å²) in [5, 5.41) is 0. The van der Waals surface area contributed by atoms with Gasteiger partial charge in [0.25, 0.3) is 0 Å². The molecule has 0 aliphatic rings. The standard InChI is InChI=1S/C14H16O2/c1-3-12-7-5-8-13(11-12)9-6-10-14(15)16-4-2/h5,7-8,11H,3-4,10H2,1-2H3. The van der Waals surface area contributed by atoms with Crippen LogP contribution in [0.15, 0.2) is 24.3 Å². The zero-order valence-corrected chi connectivity index (χ0v) is 9.75. The Morgan fingerprint density at radius 1 is 1.38 bits per heavy atom. The maximum absolute atomic E-state index is 11.0. The molecule has 0 saturated heterocycles. The van der Waals surface area contributed by atoms with Crippen molar-refractivity contribution in [1.29, 1.82) is 0 Å². The van der Waals surface area contributed by atoms with Crippen LogP contribution in [0.2, 0.25) is 0 Å². The molecule has 1 aromatic carbocycles. The van der Waals surface area contributed by atoms with Crippen LogP contribution in [-0.4, -0.2) is 12.6 Å². The topological polar surface area (TPSA) is 26.3 Å². The van der Waals surface area contributed by atoms with E-state index in [4.69, 9.17) is 4.74 Å². The highest BCUT2D eigenvalue weighted by Gasteiger charge is 1.96. The average Bonchev–Trinajstić information content (AvgIpc) is 2.30. The minimum atomic E-state index is -0.262. The second kappa shape index (κ2) is 6.68. The minimum absolute atomic E-state index is 0.157. The normalized spacial score (nSPS) is 9.12. The highest BCUT2D eigenvalue weighted by molar-refractivity contribution is 5.72. The highest BCUT2D eigenvalue weighted by atomic mass is 16.5. The Kier molecular flexibility index (Phi) is 5.15. The van der Waals surface area contributed by atoms with E-state index in [1.54, 1.807) is 6.92 Å². The Labute approximate surface area is 96.6 Å². The minimum Gasteiger partial charge on any atom is -0.465 e. The average molecular weight is 216 g/mol. The molecule has 84 valence electrons. The fraction of sp³-hybridized carbons (Fsp3) is 0.357. The first kappa shape index (κ1) is 12.3. The highest BCUT2D eigenvalue weighted by Crippen LogP contribution is 2.04. The Hall–Kier alpha value is -1.75. The summed E-state index contributed by atoms with van der Waals surface area (Å²) in [6, 6.07) is 8.03. The van der Waals surface area contributed by atoms with Crippen molar-refractivity contribution in [3.63, 3.8) is 0 Å². The van der Waals surface area contributed by atoms with Crippen molar-refractivity contribution < 1.29 is 9.53 Å². The summed E-state index contributed by atoms with van der Waals surface area (Å²) in [7, 11) is 0. The van der Waals surface area contributed by atoms with Crippen LogP contribution < -0.4 is 0 Å². The van der Waals surface area contributed by atoms with E-state index in [-0.39, 0.29) is 12.4 Å². The van der Waals surface area contributed by atoms with Gasteiger partial charge in [-0.05, 0) is 31.0 Å². The lowest BCUT2D eigenvalue weighted by molar-refractivity contribution is -0.141. The van der Waals surface area contributed by atoms with E-state index >= 15 is 0 Å². The smallest absolute Gasteiger partial charge is 0.317 e. The number of benzene rings is 1. The molecule has 0 aromatic heterocycles. The zero-order valence-electron chi connectivity index (χ0n) is 9.75. The van der Waals surface area contributed by atoms with Crippen LogP contribution in [0, 0.1) is 11.8 Å². The summed E-state index contributed by atoms with van der Waals surface area (Å²) in [5.74, 6) is 5.51. The molecule has 0 atom stereocenters. The Balaban J connectivity index is 2.59. The van der Waals surface area contributed by atoms with Crippen molar-refractivity contribution in [1.82, 2.24) is 0 Å². The summed E-state index contributed by atoms with van der Waals surface area (Å²) in [5.41, 5.74) is 2.20. The first-order valence-electron chi connectivity index (χ1n) is 5.49. The number of ether oxygens (including phenoxy) is 1. The SMILES string of the molecule is CCOC(=O)CC#Cc1cccc(CC)c1. The van der Waals surface area contributed by atoms with Crippen molar-refractivity contribution in [2.45, 2.75) is 26.7 Å². The monoisotopic (exact) mass is 216 g/mol. The van der Waals surface area contributed by atoms with Gasteiger partial charge in [-0.2, -0.15) is 0 Å². The van der Waals surface area contributed by atoms with Crippen LogP contribution in [0.5, 0.6) is 0 Å². The molecule has 16 heavy (non-hydrogen) atoms. The number of rotatable bonds is 3. The molecule has 0 amide bonds. The Morgan fingerprint density at radius 2 is 2.19 bits per heavy atom. The number of aryl methyl sites for hydroxylation is 1. The van der Waals surface area contributed by atoms with Gasteiger partial charge in [-0.15, -0.1) is 0 Å². The van der Waals surface area contributed by atoms with E-state index in [1.165, 1.54) is 5.56 Å². The van der Waals surface area contributed by atoms with Gasteiger partial charge in [0, 0.05) is 5.56 Å². The Bertz CT molecular complexity index is 410. The first-order valence-corrected chi connectivity index (χ1v) is 5.49. The molecule has 0 spiro atoms. The third-order valence-electron chi connectivity index (χ3n) is 2.11. The van der Waals surface area contributed by atoms with Gasteiger partial charge in [-0.25, -0.2) is 0 Å². The second-order valence-electron chi connectivity index (χ2n) is 3.34. The number of carbonyl (C=O) groups excluding carboxylic acids is 1. The fourth-order valence-electron chi connectivity index (χ4n) is 1.30. The molecule has 0 fully saturated rings. The fourth-order valence-corrected chi connectivity index (χ4v) is 1.30. The molecular weight excluding hydrogens is 200 g/mol. The molecule has 0 radical (unpaired) electrons. The second-order valence-corrected chi connectivity index (χ2v) is 3.34. The lowest BCUT2D eigenvalue weighted by Gasteiger charge is -1.96. The molecule has 0 aliphatic heterocycles. The maximum Gasteiger partial charge on any atom is 0.317 e. The molecule has 0 heterocycles. The molecule has 0 aliphatic carbocycles. The third-order valence-corrected chi connectivity index (χ3v) is 2.11. The summed E-state index contributed by atoms with van der Waals surface area (Å²) in [6.45, 7) is 4.30. The van der Waals surface area contributed by atoms with Crippen molar-refractivity contribution in [3.05, 3.63) is 35.4 Å². The summed E-state index contributed by atoms with van der Waals surface area (Å²) in [4.78, 5) is 11.0. The lowest BCUT2D eigenvalue weighted by atomic mass is 10.1. The maximum atomic E-state index is 11.0. The van der Waals surface area contributed by atoms with E-state index < -0.39 is 0 Å². The predicted molar refractivity (Wildman–Crippen MR) is 63.9 cm³/mol. The van der Waals surface area contributed by atoms with Gasteiger partial charge in [0.05, 0.1) is 6.61 Å². The van der Waals surface area contributed by atoms with Crippen molar-refractivity contribution in [3.8, 4) is 11.8 Å². The Morgan fingerprint density at radius 3 is 2.88 bits per heavy atom. The molecule has 0 N–H and O–H groups in total. The largest absolute Gasteiger partial charge is 0.465 e. The van der Waals surface area contributed by atoms with Crippen LogP contribution >= 0.6 is 0 Å². The molecule has 0 bridgehead atoms. The zero-order chi connectivity index (χ0) is 11.8. The number of esters is 1. The molecule has 0 saturated carbocycles. The van der Waals surface area contributed by atoms with Crippen LogP contribution in [0.4, 0.5) is 0 Å². The molecule has 2 nitrogen and oxygen atoms in total. The first-order chi connectivity index (χ1) is 7.76. The number of carbonyl (C=O) groups is 1. The summed E-state index contributed by atoms with van der Waals surface area (Å²) < 4.78 is 4.78. The van der Waals surface area contributed by atoms with Crippen molar-refractivity contribution in [2.24, 2.45) is 0 Å². The summed E-state index contributed by atoms with van der Waals surface area (Å²) in [6.07, 6.45) is 1.15. The van der Waals surface area contributed by atoms with E-state index in [0.29, 0.717) is 6.61 Å². The van der Waals surface area contributed by atoms with Crippen LogP contribution in [-0.2, 0) is 16.0 Å². The van der Waals surface area contributed by atoms with E-state index in [0.717, 1.165) is 12.0 Å².